The molecular formula is C16H13ClN2O. The van der Waals surface area contributed by atoms with Crippen LogP contribution in [0.15, 0.2) is 48.8 Å². The minimum atomic E-state index is 0.587. The molecule has 0 unspecified atom stereocenters. The largest absolute Gasteiger partial charge is 0.455 e. The van der Waals surface area contributed by atoms with Crippen LogP contribution in [0, 0.1) is 6.92 Å². The number of aromatic nitrogens is 1. The lowest BCUT2D eigenvalue weighted by atomic mass is 10.1. The first-order chi connectivity index (χ1) is 9.65. The van der Waals surface area contributed by atoms with E-state index in [-0.39, 0.29) is 0 Å². The van der Waals surface area contributed by atoms with Gasteiger partial charge in [0.15, 0.2) is 0 Å². The number of nitrogen functional groups attached to an aromatic ring is 1. The maximum Gasteiger partial charge on any atom is 0.146 e. The lowest BCUT2D eigenvalue weighted by molar-refractivity contribution is 0.488. The van der Waals surface area contributed by atoms with Gasteiger partial charge in [-0.2, -0.15) is 0 Å². The zero-order valence-corrected chi connectivity index (χ0v) is 11.7. The van der Waals surface area contributed by atoms with E-state index in [1.807, 2.05) is 37.3 Å². The van der Waals surface area contributed by atoms with Crippen LogP contribution in [0.4, 0.5) is 5.69 Å². The maximum absolute atomic E-state index is 6.20. The van der Waals surface area contributed by atoms with Crippen LogP contribution in [0.1, 0.15) is 5.56 Å². The quantitative estimate of drug-likeness (QED) is 0.701. The maximum atomic E-state index is 6.20. The number of hydrogen-bond acceptors (Lipinski definition) is 3. The fourth-order valence-electron chi connectivity index (χ4n) is 2.08. The first-order valence-electron chi connectivity index (χ1n) is 6.21. The number of hydrogen-bond donors (Lipinski definition) is 1. The number of aryl methyl sites for hydroxylation is 1. The average molecular weight is 285 g/mol. The van der Waals surface area contributed by atoms with E-state index in [1.165, 1.54) is 0 Å². The van der Waals surface area contributed by atoms with Crippen LogP contribution in [-0.2, 0) is 0 Å². The molecule has 0 aliphatic heterocycles. The molecule has 20 heavy (non-hydrogen) atoms. The Hall–Kier alpha value is -2.26. The van der Waals surface area contributed by atoms with Crippen molar-refractivity contribution < 1.29 is 4.74 Å². The van der Waals surface area contributed by atoms with Crippen LogP contribution in [-0.4, -0.2) is 4.98 Å². The Morgan fingerprint density at radius 1 is 1.05 bits per heavy atom. The van der Waals surface area contributed by atoms with Crippen LogP contribution in [0.3, 0.4) is 0 Å². The van der Waals surface area contributed by atoms with Gasteiger partial charge in [-0.1, -0.05) is 17.7 Å². The molecule has 0 spiro atoms. The summed E-state index contributed by atoms with van der Waals surface area (Å²) in [5.41, 5.74) is 7.71. The second-order valence-electron chi connectivity index (χ2n) is 4.61. The number of nitrogens with zero attached hydrogens (tertiary/aromatic N) is 1. The van der Waals surface area contributed by atoms with E-state index >= 15 is 0 Å². The molecule has 2 N–H and O–H groups in total. The lowest BCUT2D eigenvalue weighted by Crippen LogP contribution is -1.92. The van der Waals surface area contributed by atoms with Crippen LogP contribution >= 0.6 is 11.6 Å². The monoisotopic (exact) mass is 284 g/mol. The van der Waals surface area contributed by atoms with Crippen molar-refractivity contribution in [2.24, 2.45) is 0 Å². The van der Waals surface area contributed by atoms with E-state index in [9.17, 15) is 0 Å². The summed E-state index contributed by atoms with van der Waals surface area (Å²) >= 11 is 6.20. The van der Waals surface area contributed by atoms with Gasteiger partial charge >= 0.3 is 0 Å². The van der Waals surface area contributed by atoms with Gasteiger partial charge in [-0.25, -0.2) is 0 Å². The molecule has 3 rings (SSSR count). The second-order valence-corrected chi connectivity index (χ2v) is 5.02. The molecule has 3 aromatic rings. The normalized spacial score (nSPS) is 10.7. The summed E-state index contributed by atoms with van der Waals surface area (Å²) in [4.78, 5) is 4.09. The van der Waals surface area contributed by atoms with E-state index in [4.69, 9.17) is 22.1 Å². The van der Waals surface area contributed by atoms with E-state index < -0.39 is 0 Å². The molecule has 100 valence electrons. The summed E-state index contributed by atoms with van der Waals surface area (Å²) in [6.45, 7) is 1.99. The predicted molar refractivity (Wildman–Crippen MR) is 82.4 cm³/mol. The first kappa shape index (κ1) is 12.8. The zero-order valence-electron chi connectivity index (χ0n) is 10.9. The van der Waals surface area contributed by atoms with Gasteiger partial charge in [0.1, 0.15) is 11.5 Å². The van der Waals surface area contributed by atoms with Gasteiger partial charge in [-0.05, 0) is 42.8 Å². The average Bonchev–Trinajstić information content (AvgIpc) is 2.45. The van der Waals surface area contributed by atoms with Crippen molar-refractivity contribution in [3.63, 3.8) is 0 Å². The van der Waals surface area contributed by atoms with Crippen molar-refractivity contribution in [3.8, 4) is 11.5 Å². The van der Waals surface area contributed by atoms with Gasteiger partial charge in [-0.15, -0.1) is 0 Å². The van der Waals surface area contributed by atoms with Crippen molar-refractivity contribution in [3.05, 3.63) is 59.4 Å². The van der Waals surface area contributed by atoms with E-state index in [2.05, 4.69) is 4.98 Å². The molecule has 3 nitrogen and oxygen atoms in total. The highest BCUT2D eigenvalue weighted by atomic mass is 35.5. The van der Waals surface area contributed by atoms with E-state index in [1.54, 1.807) is 18.5 Å². The minimum absolute atomic E-state index is 0.587. The number of anilines is 1. The highest BCUT2D eigenvalue weighted by molar-refractivity contribution is 6.32. The van der Waals surface area contributed by atoms with Crippen LogP contribution in [0.5, 0.6) is 11.5 Å². The van der Waals surface area contributed by atoms with Crippen molar-refractivity contribution >= 4 is 28.1 Å². The van der Waals surface area contributed by atoms with Gasteiger partial charge in [-0.3, -0.25) is 4.98 Å². The summed E-state index contributed by atoms with van der Waals surface area (Å²) in [7, 11) is 0. The SMILES string of the molecule is Cc1ccc(Oc2ccc(N)c3cnccc23)c(Cl)c1. The van der Waals surface area contributed by atoms with Crippen LogP contribution in [0.25, 0.3) is 10.8 Å². The number of ether oxygens (including phenoxy) is 1. The van der Waals surface area contributed by atoms with Crippen molar-refractivity contribution in [2.75, 3.05) is 5.73 Å². The second kappa shape index (κ2) is 5.02. The Labute approximate surface area is 122 Å². The highest BCUT2D eigenvalue weighted by Gasteiger charge is 2.08. The third-order valence-corrected chi connectivity index (χ3v) is 3.41. The van der Waals surface area contributed by atoms with Gasteiger partial charge in [0.25, 0.3) is 0 Å². The number of benzene rings is 2. The molecule has 1 heterocycles. The van der Waals surface area contributed by atoms with Gasteiger partial charge in [0.05, 0.1) is 5.02 Å². The lowest BCUT2D eigenvalue weighted by Gasteiger charge is -2.11. The fraction of sp³-hybridized carbons (Fsp3) is 0.0625. The van der Waals surface area contributed by atoms with E-state index in [0.717, 1.165) is 16.3 Å². The number of halogens is 1. The number of pyridine rings is 1. The molecule has 0 bridgehead atoms. The van der Waals surface area contributed by atoms with Gasteiger partial charge < -0.3 is 10.5 Å². The Kier molecular flexibility index (Phi) is 3.20. The summed E-state index contributed by atoms with van der Waals surface area (Å²) in [5.74, 6) is 1.34. The van der Waals surface area contributed by atoms with Crippen molar-refractivity contribution in [1.82, 2.24) is 4.98 Å². The first-order valence-corrected chi connectivity index (χ1v) is 6.59. The molecule has 4 heteroatoms. The third-order valence-electron chi connectivity index (χ3n) is 3.12. The van der Waals surface area contributed by atoms with Gasteiger partial charge in [0.2, 0.25) is 0 Å². The topological polar surface area (TPSA) is 48.1 Å². The predicted octanol–water partition coefficient (Wildman–Crippen LogP) is 4.57. The molecule has 0 atom stereocenters. The Morgan fingerprint density at radius 2 is 1.85 bits per heavy atom. The van der Waals surface area contributed by atoms with Crippen molar-refractivity contribution in [2.45, 2.75) is 6.92 Å². The summed E-state index contributed by atoms with van der Waals surface area (Å²) in [6, 6.07) is 11.2. The van der Waals surface area contributed by atoms with E-state index in [0.29, 0.717) is 22.2 Å². The number of nitrogens with two attached hydrogens (primary N) is 1. The molecule has 0 aliphatic carbocycles. The molecular weight excluding hydrogens is 272 g/mol. The number of rotatable bonds is 2. The molecule has 0 amide bonds. The fourth-order valence-corrected chi connectivity index (χ4v) is 2.35. The molecule has 0 aliphatic rings. The van der Waals surface area contributed by atoms with Crippen LogP contribution < -0.4 is 10.5 Å². The Bertz CT molecular complexity index is 787. The summed E-state index contributed by atoms with van der Waals surface area (Å²) < 4.78 is 5.92. The molecule has 0 saturated heterocycles. The summed E-state index contributed by atoms with van der Waals surface area (Å²) in [6.07, 6.45) is 3.44. The molecule has 1 aromatic heterocycles. The molecule has 2 aromatic carbocycles. The summed E-state index contributed by atoms with van der Waals surface area (Å²) in [5, 5.41) is 2.37. The third kappa shape index (κ3) is 2.28. The van der Waals surface area contributed by atoms with Gasteiger partial charge in [0, 0.05) is 28.9 Å². The van der Waals surface area contributed by atoms with Crippen molar-refractivity contribution in [1.29, 1.82) is 0 Å². The molecule has 0 fully saturated rings. The molecule has 0 saturated carbocycles. The Balaban J connectivity index is 2.09. The highest BCUT2D eigenvalue weighted by Crippen LogP contribution is 2.35. The smallest absolute Gasteiger partial charge is 0.146 e. The number of fused-ring (bicyclic) bond motifs is 1. The minimum Gasteiger partial charge on any atom is -0.455 e. The molecule has 0 radical (unpaired) electrons. The van der Waals surface area contributed by atoms with Crippen LogP contribution in [0.2, 0.25) is 5.02 Å². The Morgan fingerprint density at radius 3 is 2.65 bits per heavy atom. The zero-order chi connectivity index (χ0) is 14.1. The standard InChI is InChI=1S/C16H13ClN2O/c1-10-2-4-16(13(17)8-10)20-15-5-3-14(18)12-9-19-7-6-11(12)15/h2-9H,18H2,1H3.